The second-order valence-corrected chi connectivity index (χ2v) is 18.5. The second kappa shape index (κ2) is 13.0. The molecule has 0 radical (unpaired) electrons. The van der Waals surface area contributed by atoms with Crippen molar-refractivity contribution < 1.29 is 0 Å². The van der Waals surface area contributed by atoms with Gasteiger partial charge in [0.1, 0.15) is 0 Å². The molecule has 1 N–H and O–H groups in total. The molecule has 0 amide bonds. The standard InChI is InChI=1S/C60H37B2N5/c1-4-18-37(19-5-1)64(38-20-6-2-7-21-38)40-32-50-57-56(33-40)65(39-22-8-3-9-23-39)53-30-16-12-26-45(53)61(57)47-35-48-55(36-49(47)63-50)67-52-29-15-11-25-42(52)44-34-43-41-24-10-14-28-51(41)66-54-31-17-13-27-46(54)62(48)58(59(43)66)60(44)67/h1-36,63H. The van der Waals surface area contributed by atoms with Gasteiger partial charge in [-0.3, -0.25) is 0 Å². The zero-order valence-corrected chi connectivity index (χ0v) is 36.2. The van der Waals surface area contributed by atoms with Crippen molar-refractivity contribution in [3.63, 3.8) is 0 Å². The average Bonchev–Trinajstić information content (AvgIpc) is 3.91. The molecule has 0 atom stereocenters. The Labute approximate surface area is 387 Å². The highest BCUT2D eigenvalue weighted by atomic mass is 15.2. The molecule has 2 aromatic heterocycles. The molecule has 4 aliphatic heterocycles. The number of para-hydroxylation sites is 7. The first-order valence-electron chi connectivity index (χ1n) is 23.3. The zero-order chi connectivity index (χ0) is 43.5. The number of hydrogen-bond acceptors (Lipinski definition) is 3. The minimum Gasteiger partial charge on any atom is -0.356 e. The summed E-state index contributed by atoms with van der Waals surface area (Å²) in [5, 5.41) is 9.38. The predicted octanol–water partition coefficient (Wildman–Crippen LogP) is 10.8. The Morgan fingerprint density at radius 3 is 1.55 bits per heavy atom. The summed E-state index contributed by atoms with van der Waals surface area (Å²) in [5.41, 5.74) is 24.7. The third-order valence-electron chi connectivity index (χ3n) is 15.2. The summed E-state index contributed by atoms with van der Waals surface area (Å²) < 4.78 is 5.15. The molecule has 0 spiro atoms. The summed E-state index contributed by atoms with van der Waals surface area (Å²) >= 11 is 0. The maximum absolute atomic E-state index is 4.17. The molecular formula is C60H37B2N5. The number of benzene rings is 10. The minimum absolute atomic E-state index is 0.0254. The van der Waals surface area contributed by atoms with E-state index < -0.39 is 0 Å². The van der Waals surface area contributed by atoms with Crippen LogP contribution in [-0.4, -0.2) is 22.6 Å². The van der Waals surface area contributed by atoms with Crippen molar-refractivity contribution in [3.05, 3.63) is 218 Å². The highest BCUT2D eigenvalue weighted by Gasteiger charge is 2.45. The van der Waals surface area contributed by atoms with Gasteiger partial charge in [-0.25, -0.2) is 0 Å². The van der Waals surface area contributed by atoms with Gasteiger partial charge in [-0.1, -0.05) is 133 Å². The van der Waals surface area contributed by atoms with Gasteiger partial charge in [0.2, 0.25) is 0 Å². The Kier molecular flexibility index (Phi) is 6.91. The van der Waals surface area contributed by atoms with Gasteiger partial charge < -0.3 is 24.3 Å². The Hall–Kier alpha value is -8.67. The SMILES string of the molecule is c1ccc(N(c2ccccc2)c2cc3c4c(c2)N(c2ccccc2)c2ccccc2B4c2cc4c(cc2N3)-n2c3ccccc3c3cc5c6ccccc6n6c5c(c32)B4c2ccccc2-6)cc1. The Bertz CT molecular complexity index is 4060. The first-order valence-corrected chi connectivity index (χ1v) is 23.3. The van der Waals surface area contributed by atoms with Crippen LogP contribution in [0.15, 0.2) is 218 Å². The summed E-state index contributed by atoms with van der Waals surface area (Å²) in [6.45, 7) is 0.00656. The highest BCUT2D eigenvalue weighted by molar-refractivity contribution is 7.03. The van der Waals surface area contributed by atoms with Crippen LogP contribution < -0.4 is 47.9 Å². The molecule has 4 aliphatic rings. The molecule has 10 aromatic carbocycles. The number of aromatic nitrogens is 2. The summed E-state index contributed by atoms with van der Waals surface area (Å²) in [4.78, 5) is 4.87. The van der Waals surface area contributed by atoms with Gasteiger partial charge in [0, 0.05) is 72.7 Å². The number of hydrogen-bond donors (Lipinski definition) is 1. The van der Waals surface area contributed by atoms with Crippen molar-refractivity contribution in [3.8, 4) is 11.4 Å². The van der Waals surface area contributed by atoms with Crippen molar-refractivity contribution in [1.82, 2.24) is 9.13 Å². The fraction of sp³-hybridized carbons (Fsp3) is 0. The number of fused-ring (bicyclic) bond motifs is 16. The summed E-state index contributed by atoms with van der Waals surface area (Å²) in [6.07, 6.45) is 0. The van der Waals surface area contributed by atoms with E-state index >= 15 is 0 Å². The van der Waals surface area contributed by atoms with Crippen molar-refractivity contribution in [1.29, 1.82) is 0 Å². The lowest BCUT2D eigenvalue weighted by molar-refractivity contribution is 1.17. The molecule has 5 nitrogen and oxygen atoms in total. The van der Waals surface area contributed by atoms with E-state index in [1.165, 1.54) is 99.1 Å². The fourth-order valence-corrected chi connectivity index (χ4v) is 12.7. The van der Waals surface area contributed by atoms with Crippen molar-refractivity contribution >= 4 is 135 Å². The quantitative estimate of drug-likeness (QED) is 0.179. The van der Waals surface area contributed by atoms with Gasteiger partial charge in [0.25, 0.3) is 13.4 Å². The van der Waals surface area contributed by atoms with Gasteiger partial charge >= 0.3 is 0 Å². The lowest BCUT2D eigenvalue weighted by Crippen LogP contribution is -2.63. The van der Waals surface area contributed by atoms with E-state index in [1.54, 1.807) is 0 Å². The van der Waals surface area contributed by atoms with Crippen LogP contribution >= 0.6 is 0 Å². The van der Waals surface area contributed by atoms with E-state index in [0.29, 0.717) is 0 Å². The number of anilines is 8. The van der Waals surface area contributed by atoms with Gasteiger partial charge in [-0.15, -0.1) is 0 Å². The Balaban J connectivity index is 1.02. The minimum atomic E-state index is -0.0254. The number of rotatable bonds is 4. The summed E-state index contributed by atoms with van der Waals surface area (Å²) in [7, 11) is 0. The van der Waals surface area contributed by atoms with E-state index in [9.17, 15) is 0 Å². The van der Waals surface area contributed by atoms with Crippen LogP contribution in [-0.2, 0) is 0 Å². The molecular weight excluding hydrogens is 812 g/mol. The van der Waals surface area contributed by atoms with Crippen LogP contribution in [0.5, 0.6) is 0 Å². The van der Waals surface area contributed by atoms with Gasteiger partial charge in [-0.05, 0) is 118 Å². The van der Waals surface area contributed by atoms with Crippen molar-refractivity contribution in [2.75, 3.05) is 15.1 Å². The van der Waals surface area contributed by atoms with E-state index in [0.717, 1.165) is 34.1 Å². The van der Waals surface area contributed by atoms with Crippen molar-refractivity contribution in [2.45, 2.75) is 0 Å². The van der Waals surface area contributed by atoms with Gasteiger partial charge in [0.05, 0.1) is 27.8 Å². The number of nitrogens with zero attached hydrogens (tertiary/aromatic N) is 4. The maximum atomic E-state index is 4.17. The monoisotopic (exact) mass is 849 g/mol. The van der Waals surface area contributed by atoms with E-state index in [4.69, 9.17) is 0 Å². The molecule has 0 unspecified atom stereocenters. The summed E-state index contributed by atoms with van der Waals surface area (Å²) in [6, 6.07) is 81.1. The maximum Gasteiger partial charge on any atom is 0.252 e. The molecule has 6 heterocycles. The topological polar surface area (TPSA) is 28.4 Å². The van der Waals surface area contributed by atoms with Crippen LogP contribution in [0.3, 0.4) is 0 Å². The molecule has 0 saturated carbocycles. The average molecular weight is 850 g/mol. The van der Waals surface area contributed by atoms with Crippen LogP contribution in [0.25, 0.3) is 55.0 Å². The molecule has 0 aliphatic carbocycles. The zero-order valence-electron chi connectivity index (χ0n) is 36.2. The van der Waals surface area contributed by atoms with Crippen molar-refractivity contribution in [2.24, 2.45) is 0 Å². The second-order valence-electron chi connectivity index (χ2n) is 18.5. The van der Waals surface area contributed by atoms with E-state index in [1.807, 2.05) is 0 Å². The largest absolute Gasteiger partial charge is 0.356 e. The summed E-state index contributed by atoms with van der Waals surface area (Å²) in [5.74, 6) is 0. The number of nitrogens with one attached hydrogen (secondary N) is 1. The molecule has 12 aromatic rings. The highest BCUT2D eigenvalue weighted by Crippen LogP contribution is 2.46. The fourth-order valence-electron chi connectivity index (χ4n) is 12.7. The van der Waals surface area contributed by atoms with Crippen LogP contribution in [0.2, 0.25) is 0 Å². The lowest BCUT2D eigenvalue weighted by atomic mass is 9.30. The first kappa shape index (κ1) is 35.7. The molecule has 0 saturated heterocycles. The molecule has 0 fully saturated rings. The Morgan fingerprint density at radius 2 is 0.881 bits per heavy atom. The normalized spacial score (nSPS) is 13.4. The van der Waals surface area contributed by atoms with E-state index in [-0.39, 0.29) is 13.4 Å². The molecule has 308 valence electrons. The van der Waals surface area contributed by atoms with Crippen LogP contribution in [0, 0.1) is 0 Å². The third-order valence-corrected chi connectivity index (χ3v) is 15.2. The van der Waals surface area contributed by atoms with Crippen LogP contribution in [0.1, 0.15) is 0 Å². The van der Waals surface area contributed by atoms with Crippen LogP contribution in [0.4, 0.5) is 45.5 Å². The van der Waals surface area contributed by atoms with E-state index in [2.05, 4.69) is 243 Å². The first-order chi connectivity index (χ1) is 33.3. The molecule has 67 heavy (non-hydrogen) atoms. The smallest absolute Gasteiger partial charge is 0.252 e. The molecule has 7 heteroatoms. The van der Waals surface area contributed by atoms with Gasteiger partial charge in [-0.2, -0.15) is 0 Å². The lowest BCUT2D eigenvalue weighted by Gasteiger charge is -2.42. The van der Waals surface area contributed by atoms with Gasteiger partial charge in [0.15, 0.2) is 0 Å². The molecule has 0 bridgehead atoms. The third kappa shape index (κ3) is 4.60. The predicted molar refractivity (Wildman–Crippen MR) is 284 cm³/mol. The Morgan fingerprint density at radius 1 is 0.343 bits per heavy atom. The molecule has 16 rings (SSSR count).